The van der Waals surface area contributed by atoms with Gasteiger partial charge in [0.2, 0.25) is 0 Å². The predicted molar refractivity (Wildman–Crippen MR) is 90.7 cm³/mol. The zero-order chi connectivity index (χ0) is 13.8. The minimum absolute atomic E-state index is 0.523. The fourth-order valence-electron chi connectivity index (χ4n) is 2.22. The third-order valence-electron chi connectivity index (χ3n) is 3.26. The molecule has 0 bridgehead atoms. The Balaban J connectivity index is 2.20. The molecule has 2 atom stereocenters. The minimum atomic E-state index is 0.523. The summed E-state index contributed by atoms with van der Waals surface area (Å²) in [6.45, 7) is 11.0. The van der Waals surface area contributed by atoms with Crippen LogP contribution in [0.2, 0.25) is 0 Å². The van der Waals surface area contributed by atoms with Gasteiger partial charge < -0.3 is 5.32 Å². The average molecular weight is 317 g/mol. The van der Waals surface area contributed by atoms with Gasteiger partial charge in [0, 0.05) is 28.2 Å². The van der Waals surface area contributed by atoms with Crippen LogP contribution in [-0.4, -0.2) is 28.3 Å². The second kappa shape index (κ2) is 7.34. The lowest BCUT2D eigenvalue weighted by Gasteiger charge is -2.26. The van der Waals surface area contributed by atoms with Crippen molar-refractivity contribution in [1.29, 1.82) is 0 Å². The van der Waals surface area contributed by atoms with Gasteiger partial charge in [-0.3, -0.25) is 0 Å². The fourth-order valence-corrected chi connectivity index (χ4v) is 6.57. The summed E-state index contributed by atoms with van der Waals surface area (Å²) in [4.78, 5) is 6.42. The molecule has 0 saturated carbocycles. The number of rotatable bonds is 5. The van der Waals surface area contributed by atoms with E-state index in [1.807, 2.05) is 11.3 Å². The Morgan fingerprint density at radius 2 is 2.05 bits per heavy atom. The zero-order valence-corrected chi connectivity index (χ0v) is 14.7. The van der Waals surface area contributed by atoms with E-state index in [9.17, 15) is 0 Å². The third kappa shape index (κ3) is 3.90. The Labute approximate surface area is 129 Å². The van der Waals surface area contributed by atoms with Crippen molar-refractivity contribution >= 4 is 34.9 Å². The monoisotopic (exact) mass is 316 g/mol. The molecule has 2 nitrogen and oxygen atoms in total. The highest BCUT2D eigenvalue weighted by molar-refractivity contribution is 8.06. The third-order valence-corrected chi connectivity index (χ3v) is 7.66. The zero-order valence-electron chi connectivity index (χ0n) is 12.2. The molecule has 2 unspecified atom stereocenters. The highest BCUT2D eigenvalue weighted by atomic mass is 32.2. The topological polar surface area (TPSA) is 24.9 Å². The molecule has 1 aliphatic rings. The van der Waals surface area contributed by atoms with Crippen LogP contribution < -0.4 is 5.32 Å². The summed E-state index contributed by atoms with van der Waals surface area (Å²) in [5.74, 6) is 3.07. The first-order chi connectivity index (χ1) is 9.13. The molecule has 1 aliphatic heterocycles. The van der Waals surface area contributed by atoms with Gasteiger partial charge in [0.05, 0.1) is 10.9 Å². The number of aromatic nitrogens is 1. The summed E-state index contributed by atoms with van der Waals surface area (Å²) < 4.78 is 0. The quantitative estimate of drug-likeness (QED) is 0.876. The van der Waals surface area contributed by atoms with Gasteiger partial charge in [0.15, 0.2) is 0 Å². The first-order valence-corrected chi connectivity index (χ1v) is 9.98. The molecular weight excluding hydrogens is 292 g/mol. The molecule has 1 aromatic heterocycles. The molecule has 19 heavy (non-hydrogen) atoms. The molecule has 2 heterocycles. The molecule has 1 saturated heterocycles. The first-order valence-electron chi connectivity index (χ1n) is 7.06. The average Bonchev–Trinajstić information content (AvgIpc) is 2.81. The lowest BCUT2D eigenvalue weighted by atomic mass is 10.1. The largest absolute Gasteiger partial charge is 0.312 e. The van der Waals surface area contributed by atoms with Gasteiger partial charge >= 0.3 is 0 Å². The standard InChI is InChI=1S/C14H24N2S3/c1-5-15-8-11-12(9(2)3)16-14(19-11)13-10(4)17-6-7-18-13/h9-10,13,15H,5-8H2,1-4H3. The maximum Gasteiger partial charge on any atom is 0.107 e. The Bertz CT molecular complexity index is 403. The van der Waals surface area contributed by atoms with Gasteiger partial charge in [-0.2, -0.15) is 11.8 Å². The minimum Gasteiger partial charge on any atom is -0.312 e. The van der Waals surface area contributed by atoms with Crippen LogP contribution in [0.15, 0.2) is 0 Å². The number of thioether (sulfide) groups is 2. The summed E-state index contributed by atoms with van der Waals surface area (Å²) in [5, 5.41) is 6.08. The van der Waals surface area contributed by atoms with E-state index >= 15 is 0 Å². The van der Waals surface area contributed by atoms with Gasteiger partial charge in [0.1, 0.15) is 5.01 Å². The van der Waals surface area contributed by atoms with Gasteiger partial charge in [-0.25, -0.2) is 4.98 Å². The molecule has 0 aliphatic carbocycles. The molecule has 5 heteroatoms. The van der Waals surface area contributed by atoms with E-state index in [-0.39, 0.29) is 0 Å². The number of thiazole rings is 1. The van der Waals surface area contributed by atoms with E-state index in [1.165, 1.54) is 27.1 Å². The predicted octanol–water partition coefficient (Wildman–Crippen LogP) is 4.29. The van der Waals surface area contributed by atoms with E-state index in [2.05, 4.69) is 56.5 Å². The lowest BCUT2D eigenvalue weighted by molar-refractivity contribution is 0.712. The molecule has 0 aromatic carbocycles. The molecule has 0 radical (unpaired) electrons. The first kappa shape index (κ1) is 15.7. The number of hydrogen-bond acceptors (Lipinski definition) is 5. The molecule has 0 spiro atoms. The summed E-state index contributed by atoms with van der Waals surface area (Å²) in [6.07, 6.45) is 0. The van der Waals surface area contributed by atoms with E-state index in [1.54, 1.807) is 0 Å². The van der Waals surface area contributed by atoms with E-state index in [0.29, 0.717) is 16.4 Å². The Morgan fingerprint density at radius 3 is 2.68 bits per heavy atom. The van der Waals surface area contributed by atoms with Gasteiger partial charge in [-0.05, 0) is 12.5 Å². The maximum absolute atomic E-state index is 4.98. The summed E-state index contributed by atoms with van der Waals surface area (Å²) >= 11 is 6.11. The van der Waals surface area contributed by atoms with E-state index in [0.717, 1.165) is 13.1 Å². The Hall–Kier alpha value is 0.290. The van der Waals surface area contributed by atoms with Gasteiger partial charge in [-0.15, -0.1) is 23.1 Å². The molecular formula is C14H24N2S3. The van der Waals surface area contributed by atoms with E-state index < -0.39 is 0 Å². The van der Waals surface area contributed by atoms with Crippen molar-refractivity contribution in [3.8, 4) is 0 Å². The number of nitrogens with one attached hydrogen (secondary N) is 1. The van der Waals surface area contributed by atoms with Crippen LogP contribution in [0.5, 0.6) is 0 Å². The smallest absolute Gasteiger partial charge is 0.107 e. The Morgan fingerprint density at radius 1 is 1.32 bits per heavy atom. The van der Waals surface area contributed by atoms with Crippen LogP contribution in [0.1, 0.15) is 54.4 Å². The molecule has 108 valence electrons. The highest BCUT2D eigenvalue weighted by Crippen LogP contribution is 2.44. The maximum atomic E-state index is 4.98. The second-order valence-electron chi connectivity index (χ2n) is 5.16. The molecule has 0 amide bonds. The van der Waals surface area contributed by atoms with Crippen LogP contribution >= 0.6 is 34.9 Å². The van der Waals surface area contributed by atoms with Crippen LogP contribution in [0, 0.1) is 0 Å². The highest BCUT2D eigenvalue weighted by Gasteiger charge is 2.28. The van der Waals surface area contributed by atoms with Crippen molar-refractivity contribution in [2.75, 3.05) is 18.1 Å². The summed E-state index contributed by atoms with van der Waals surface area (Å²) in [5.41, 5.74) is 1.31. The van der Waals surface area contributed by atoms with Gasteiger partial charge in [0.25, 0.3) is 0 Å². The van der Waals surface area contributed by atoms with Crippen molar-refractivity contribution in [3.63, 3.8) is 0 Å². The normalized spacial score (nSPS) is 24.1. The summed E-state index contributed by atoms with van der Waals surface area (Å²) in [7, 11) is 0. The van der Waals surface area contributed by atoms with Gasteiger partial charge in [-0.1, -0.05) is 27.7 Å². The molecule has 2 rings (SSSR count). The lowest BCUT2D eigenvalue weighted by Crippen LogP contribution is -2.15. The van der Waals surface area contributed by atoms with Crippen LogP contribution in [0.3, 0.4) is 0 Å². The van der Waals surface area contributed by atoms with E-state index in [4.69, 9.17) is 4.98 Å². The Kier molecular flexibility index (Phi) is 6.06. The molecule has 1 aromatic rings. The molecule has 1 N–H and O–H groups in total. The fraction of sp³-hybridized carbons (Fsp3) is 0.786. The van der Waals surface area contributed by atoms with Crippen molar-refractivity contribution in [2.24, 2.45) is 0 Å². The number of hydrogen-bond donors (Lipinski definition) is 1. The van der Waals surface area contributed by atoms with Crippen LogP contribution in [0.4, 0.5) is 0 Å². The van der Waals surface area contributed by atoms with Crippen molar-refractivity contribution in [1.82, 2.24) is 10.3 Å². The SMILES string of the molecule is CCNCc1sc(C2SCCSC2C)nc1C(C)C. The van der Waals surface area contributed by atoms with Crippen molar-refractivity contribution in [3.05, 3.63) is 15.6 Å². The molecule has 1 fully saturated rings. The van der Waals surface area contributed by atoms with Crippen molar-refractivity contribution in [2.45, 2.75) is 50.7 Å². The van der Waals surface area contributed by atoms with Crippen LogP contribution in [0.25, 0.3) is 0 Å². The van der Waals surface area contributed by atoms with Crippen LogP contribution in [-0.2, 0) is 6.54 Å². The number of nitrogens with zero attached hydrogens (tertiary/aromatic N) is 1. The van der Waals surface area contributed by atoms with Crippen molar-refractivity contribution < 1.29 is 0 Å². The second-order valence-corrected chi connectivity index (χ2v) is 9.01. The summed E-state index contributed by atoms with van der Waals surface area (Å²) in [6, 6.07) is 0.